The molecule has 3 rings (SSSR count). The van der Waals surface area contributed by atoms with Gasteiger partial charge in [-0.15, -0.1) is 0 Å². The first-order valence-electron chi connectivity index (χ1n) is 8.12. The van der Waals surface area contributed by atoms with E-state index in [-0.39, 0.29) is 12.3 Å². The van der Waals surface area contributed by atoms with E-state index >= 15 is 0 Å². The molecule has 1 aliphatic heterocycles. The minimum atomic E-state index is -4.79. The summed E-state index contributed by atoms with van der Waals surface area (Å²) in [6.45, 7) is 3.72. The summed E-state index contributed by atoms with van der Waals surface area (Å²) in [4.78, 5) is 12.8. The van der Waals surface area contributed by atoms with Gasteiger partial charge in [0.25, 0.3) is 5.91 Å². The third-order valence-corrected chi connectivity index (χ3v) is 4.27. The van der Waals surface area contributed by atoms with E-state index in [9.17, 15) is 18.0 Å². The van der Waals surface area contributed by atoms with E-state index in [1.54, 1.807) is 36.4 Å². The summed E-state index contributed by atoms with van der Waals surface area (Å²) in [5.74, 6) is -0.545. The quantitative estimate of drug-likeness (QED) is 0.454. The minimum Gasteiger partial charge on any atom is -0.489 e. The third kappa shape index (κ3) is 4.17. The van der Waals surface area contributed by atoms with Gasteiger partial charge in [0.2, 0.25) is 0 Å². The van der Waals surface area contributed by atoms with Crippen molar-refractivity contribution in [3.63, 3.8) is 0 Å². The van der Waals surface area contributed by atoms with Crippen molar-refractivity contribution in [3.8, 4) is 5.75 Å². The van der Waals surface area contributed by atoms with E-state index in [0.717, 1.165) is 11.1 Å². The summed E-state index contributed by atoms with van der Waals surface area (Å²) >= 11 is 3.28. The number of carbonyl (C=O) groups is 1. The fraction of sp³-hybridized carbons (Fsp3) is 0.100. The Morgan fingerprint density at radius 2 is 1.89 bits per heavy atom. The number of hydrogen-bond acceptors (Lipinski definition) is 3. The highest BCUT2D eigenvalue weighted by atomic mass is 79.9. The maximum absolute atomic E-state index is 13.6. The van der Waals surface area contributed by atoms with E-state index in [4.69, 9.17) is 4.74 Å². The van der Waals surface area contributed by atoms with Gasteiger partial charge in [-0.2, -0.15) is 23.3 Å². The zero-order chi connectivity index (χ0) is 20.3. The van der Waals surface area contributed by atoms with Crippen LogP contribution in [0.2, 0.25) is 0 Å². The van der Waals surface area contributed by atoms with Gasteiger partial charge in [-0.25, -0.2) is 0 Å². The molecular weight excluding hydrogens is 437 g/mol. The number of amides is 1. The van der Waals surface area contributed by atoms with Gasteiger partial charge >= 0.3 is 6.18 Å². The summed E-state index contributed by atoms with van der Waals surface area (Å²) in [5.41, 5.74) is -1.25. The summed E-state index contributed by atoms with van der Waals surface area (Å²) in [7, 11) is 0. The molecule has 1 aliphatic rings. The molecule has 0 fully saturated rings. The standard InChI is InChI=1S/C20H14BrF3N2O2/c1-2-10-28-17-9-8-14(21)11-13(17)12-16-18(20(22,23)24)25-26(19(16)27)15-6-4-3-5-7-15/h2-9,11-12H,1,10H2/b16-12-. The van der Waals surface area contributed by atoms with Crippen LogP contribution in [0.5, 0.6) is 5.75 Å². The largest absolute Gasteiger partial charge is 0.489 e. The van der Waals surface area contributed by atoms with Crippen molar-refractivity contribution in [2.45, 2.75) is 6.18 Å². The molecular formula is C20H14BrF3N2O2. The number of para-hydroxylation sites is 1. The Labute approximate surface area is 167 Å². The van der Waals surface area contributed by atoms with Crippen molar-refractivity contribution in [1.29, 1.82) is 0 Å². The predicted octanol–water partition coefficient (Wildman–Crippen LogP) is 5.36. The monoisotopic (exact) mass is 450 g/mol. The summed E-state index contributed by atoms with van der Waals surface area (Å²) in [6.07, 6.45) is -2.14. The first-order valence-corrected chi connectivity index (χ1v) is 8.91. The van der Waals surface area contributed by atoms with Crippen LogP contribution in [0, 0.1) is 0 Å². The lowest BCUT2D eigenvalue weighted by Gasteiger charge is -2.11. The van der Waals surface area contributed by atoms with Gasteiger partial charge in [0.05, 0.1) is 11.3 Å². The molecule has 0 spiro atoms. The van der Waals surface area contributed by atoms with Crippen LogP contribution < -0.4 is 9.75 Å². The maximum Gasteiger partial charge on any atom is 0.435 e. The Hall–Kier alpha value is -2.87. The number of nitrogens with zero attached hydrogens (tertiary/aromatic N) is 2. The minimum absolute atomic E-state index is 0.169. The fourth-order valence-corrected chi connectivity index (χ4v) is 2.94. The smallest absolute Gasteiger partial charge is 0.435 e. The molecule has 0 atom stereocenters. The molecule has 0 aliphatic carbocycles. The topological polar surface area (TPSA) is 41.9 Å². The van der Waals surface area contributed by atoms with Crippen LogP contribution in [0.4, 0.5) is 18.9 Å². The Morgan fingerprint density at radius 3 is 2.54 bits per heavy atom. The normalized spacial score (nSPS) is 15.7. The van der Waals surface area contributed by atoms with Gasteiger partial charge in [0.15, 0.2) is 5.71 Å². The van der Waals surface area contributed by atoms with Crippen molar-refractivity contribution < 1.29 is 22.7 Å². The van der Waals surface area contributed by atoms with Crippen LogP contribution >= 0.6 is 15.9 Å². The van der Waals surface area contributed by atoms with E-state index in [2.05, 4.69) is 27.6 Å². The zero-order valence-corrected chi connectivity index (χ0v) is 16.0. The second-order valence-corrected chi connectivity index (χ2v) is 6.65. The zero-order valence-electron chi connectivity index (χ0n) is 14.4. The molecule has 0 unspecified atom stereocenters. The number of alkyl halides is 3. The van der Waals surface area contributed by atoms with E-state index in [1.165, 1.54) is 18.2 Å². The molecule has 0 bridgehead atoms. The Bertz CT molecular complexity index is 969. The molecule has 0 N–H and O–H groups in total. The maximum atomic E-state index is 13.6. The molecule has 144 valence electrons. The number of hydrogen-bond donors (Lipinski definition) is 0. The van der Waals surface area contributed by atoms with Crippen LogP contribution in [-0.2, 0) is 4.79 Å². The van der Waals surface area contributed by atoms with Crippen LogP contribution in [0.1, 0.15) is 5.56 Å². The molecule has 2 aromatic carbocycles. The number of hydrazone groups is 1. The molecule has 0 aromatic heterocycles. The highest BCUT2D eigenvalue weighted by Crippen LogP contribution is 2.34. The lowest BCUT2D eigenvalue weighted by molar-refractivity contribution is -0.114. The molecule has 28 heavy (non-hydrogen) atoms. The number of carbonyl (C=O) groups excluding carboxylic acids is 1. The molecule has 1 heterocycles. The van der Waals surface area contributed by atoms with Crippen molar-refractivity contribution in [3.05, 3.63) is 76.8 Å². The second-order valence-electron chi connectivity index (χ2n) is 5.74. The molecule has 4 nitrogen and oxygen atoms in total. The Kier molecular flexibility index (Phi) is 5.69. The number of halogens is 4. The van der Waals surface area contributed by atoms with Crippen LogP contribution in [0.3, 0.4) is 0 Å². The van der Waals surface area contributed by atoms with Gasteiger partial charge in [-0.1, -0.05) is 46.8 Å². The molecule has 0 saturated carbocycles. The highest BCUT2D eigenvalue weighted by Gasteiger charge is 2.46. The Morgan fingerprint density at radius 1 is 1.18 bits per heavy atom. The SMILES string of the molecule is C=CCOc1ccc(Br)cc1/C=C1\C(=O)N(c2ccccc2)N=C1C(F)(F)F. The molecule has 0 saturated heterocycles. The average Bonchev–Trinajstić information content (AvgIpc) is 2.99. The number of anilines is 1. The van der Waals surface area contributed by atoms with Crippen molar-refractivity contribution in [2.75, 3.05) is 11.6 Å². The van der Waals surface area contributed by atoms with Crippen molar-refractivity contribution >= 4 is 39.3 Å². The van der Waals surface area contributed by atoms with E-state index in [0.29, 0.717) is 15.8 Å². The third-order valence-electron chi connectivity index (χ3n) is 3.78. The summed E-state index contributed by atoms with van der Waals surface area (Å²) in [5, 5.41) is 4.29. The van der Waals surface area contributed by atoms with Crippen molar-refractivity contribution in [1.82, 2.24) is 0 Å². The average molecular weight is 451 g/mol. The Balaban J connectivity index is 2.10. The van der Waals surface area contributed by atoms with Gasteiger partial charge in [0, 0.05) is 10.0 Å². The van der Waals surface area contributed by atoms with Crippen LogP contribution in [0.15, 0.2) is 76.3 Å². The molecule has 2 aromatic rings. The number of ether oxygens (including phenoxy) is 1. The lowest BCUT2D eigenvalue weighted by atomic mass is 10.1. The highest BCUT2D eigenvalue weighted by molar-refractivity contribution is 9.10. The molecule has 0 radical (unpaired) electrons. The first kappa shape index (κ1) is 19.9. The van der Waals surface area contributed by atoms with Crippen LogP contribution in [0.25, 0.3) is 6.08 Å². The summed E-state index contributed by atoms with van der Waals surface area (Å²) in [6, 6.07) is 12.8. The van der Waals surface area contributed by atoms with Crippen molar-refractivity contribution in [2.24, 2.45) is 5.10 Å². The fourth-order valence-electron chi connectivity index (χ4n) is 2.57. The van der Waals surface area contributed by atoms with Crippen LogP contribution in [-0.4, -0.2) is 24.4 Å². The summed E-state index contributed by atoms with van der Waals surface area (Å²) < 4.78 is 46.8. The first-order chi connectivity index (χ1) is 13.3. The second kappa shape index (κ2) is 8.02. The lowest BCUT2D eigenvalue weighted by Crippen LogP contribution is -2.25. The number of benzene rings is 2. The van der Waals surface area contributed by atoms with E-state index in [1.807, 2.05) is 0 Å². The van der Waals surface area contributed by atoms with Gasteiger partial charge in [0.1, 0.15) is 12.4 Å². The van der Waals surface area contributed by atoms with E-state index < -0.39 is 23.4 Å². The molecule has 1 amide bonds. The van der Waals surface area contributed by atoms with Gasteiger partial charge in [-0.05, 0) is 36.4 Å². The van der Waals surface area contributed by atoms with Gasteiger partial charge in [-0.3, -0.25) is 4.79 Å². The molecule has 8 heteroatoms. The van der Waals surface area contributed by atoms with Gasteiger partial charge < -0.3 is 4.74 Å². The number of rotatable bonds is 5. The predicted molar refractivity (Wildman–Crippen MR) is 105 cm³/mol.